The average Bonchev–Trinajstić information content (AvgIpc) is 2.63. The van der Waals surface area contributed by atoms with Gasteiger partial charge in [0.05, 0.1) is 24.5 Å². The van der Waals surface area contributed by atoms with Gasteiger partial charge in [0.2, 0.25) is 0 Å². The topological polar surface area (TPSA) is 73.1 Å². The first kappa shape index (κ1) is 16.3. The highest BCUT2D eigenvalue weighted by Gasteiger charge is 2.32. The predicted octanol–water partition coefficient (Wildman–Crippen LogP) is 2.08. The van der Waals surface area contributed by atoms with Crippen LogP contribution in [-0.2, 0) is 0 Å². The van der Waals surface area contributed by atoms with Gasteiger partial charge in [-0.15, -0.1) is 0 Å². The second-order valence-corrected chi connectivity index (χ2v) is 6.23. The molecule has 2 aromatic heterocycles. The van der Waals surface area contributed by atoms with Crippen LogP contribution in [0.4, 0.5) is 5.82 Å². The van der Waals surface area contributed by atoms with Crippen LogP contribution >= 0.6 is 0 Å². The van der Waals surface area contributed by atoms with E-state index in [2.05, 4.69) is 20.0 Å². The maximum atomic E-state index is 12.3. The summed E-state index contributed by atoms with van der Waals surface area (Å²) in [5, 5.41) is 4.59. The Kier molecular flexibility index (Phi) is 4.12. The standard InChI is InChI=1S/C19H19N5O2/c1-13-19(21-10-9-20-13)23-11-14(12-23)24-18(25)8-7-16(22-24)15-5-3-4-6-17(15)26-2/h3-10,14H,11-12H2,1-2H3. The van der Waals surface area contributed by atoms with E-state index in [1.165, 1.54) is 0 Å². The molecule has 7 heteroatoms. The minimum absolute atomic E-state index is 0.0126. The highest BCUT2D eigenvalue weighted by Crippen LogP contribution is 2.29. The van der Waals surface area contributed by atoms with Crippen molar-refractivity contribution < 1.29 is 4.74 Å². The fourth-order valence-electron chi connectivity index (χ4n) is 3.18. The van der Waals surface area contributed by atoms with E-state index in [9.17, 15) is 4.79 Å². The summed E-state index contributed by atoms with van der Waals surface area (Å²) in [6.07, 6.45) is 3.36. The van der Waals surface area contributed by atoms with Gasteiger partial charge in [-0.2, -0.15) is 5.10 Å². The van der Waals surface area contributed by atoms with Gasteiger partial charge in [-0.05, 0) is 25.1 Å². The van der Waals surface area contributed by atoms with Crippen molar-refractivity contribution in [2.24, 2.45) is 0 Å². The Morgan fingerprint density at radius 2 is 1.85 bits per heavy atom. The number of methoxy groups -OCH3 is 1. The summed E-state index contributed by atoms with van der Waals surface area (Å²) >= 11 is 0. The van der Waals surface area contributed by atoms with Crippen LogP contribution in [0, 0.1) is 6.92 Å². The smallest absolute Gasteiger partial charge is 0.267 e. The number of para-hydroxylation sites is 1. The fraction of sp³-hybridized carbons (Fsp3) is 0.263. The second-order valence-electron chi connectivity index (χ2n) is 6.23. The van der Waals surface area contributed by atoms with Crippen LogP contribution in [-0.4, -0.2) is 39.9 Å². The molecule has 1 aliphatic heterocycles. The molecule has 0 radical (unpaired) electrons. The normalized spacial score (nSPS) is 14.2. The van der Waals surface area contributed by atoms with Crippen LogP contribution in [0.3, 0.4) is 0 Å². The minimum Gasteiger partial charge on any atom is -0.496 e. The number of hydrogen-bond donors (Lipinski definition) is 0. The molecule has 0 bridgehead atoms. The van der Waals surface area contributed by atoms with Crippen LogP contribution < -0.4 is 15.2 Å². The zero-order chi connectivity index (χ0) is 18.1. The molecule has 0 atom stereocenters. The van der Waals surface area contributed by atoms with Crippen molar-refractivity contribution in [2.75, 3.05) is 25.1 Å². The molecular weight excluding hydrogens is 330 g/mol. The Morgan fingerprint density at radius 3 is 2.62 bits per heavy atom. The van der Waals surface area contributed by atoms with Gasteiger partial charge in [-0.25, -0.2) is 9.67 Å². The largest absolute Gasteiger partial charge is 0.496 e. The van der Waals surface area contributed by atoms with Crippen molar-refractivity contribution in [3.8, 4) is 17.0 Å². The molecule has 1 aliphatic rings. The lowest BCUT2D eigenvalue weighted by molar-refractivity contribution is 0.352. The lowest BCUT2D eigenvalue weighted by atomic mass is 10.1. The third-order valence-electron chi connectivity index (χ3n) is 4.57. The van der Waals surface area contributed by atoms with Crippen LogP contribution in [0.15, 0.2) is 53.6 Å². The quantitative estimate of drug-likeness (QED) is 0.718. The number of benzene rings is 1. The zero-order valence-electron chi connectivity index (χ0n) is 14.7. The van der Waals surface area contributed by atoms with Gasteiger partial charge in [-0.1, -0.05) is 12.1 Å². The third kappa shape index (κ3) is 2.81. The van der Waals surface area contributed by atoms with Crippen molar-refractivity contribution in [1.29, 1.82) is 0 Å². The van der Waals surface area contributed by atoms with E-state index in [0.717, 1.165) is 28.5 Å². The van der Waals surface area contributed by atoms with Crippen molar-refractivity contribution >= 4 is 5.82 Å². The molecule has 0 aliphatic carbocycles. The van der Waals surface area contributed by atoms with Crippen LogP contribution in [0.1, 0.15) is 11.7 Å². The molecule has 0 unspecified atom stereocenters. The summed E-state index contributed by atoms with van der Waals surface area (Å²) in [5.74, 6) is 1.59. The summed E-state index contributed by atoms with van der Waals surface area (Å²) in [6, 6.07) is 11.0. The summed E-state index contributed by atoms with van der Waals surface area (Å²) < 4.78 is 6.97. The molecule has 0 N–H and O–H groups in total. The first-order valence-electron chi connectivity index (χ1n) is 8.43. The minimum atomic E-state index is -0.107. The zero-order valence-corrected chi connectivity index (χ0v) is 14.7. The van der Waals surface area contributed by atoms with Gasteiger partial charge in [0.1, 0.15) is 11.6 Å². The number of anilines is 1. The van der Waals surface area contributed by atoms with Gasteiger partial charge in [-0.3, -0.25) is 9.78 Å². The Morgan fingerprint density at radius 1 is 1.08 bits per heavy atom. The van der Waals surface area contributed by atoms with Gasteiger partial charge in [0, 0.05) is 37.1 Å². The van der Waals surface area contributed by atoms with Crippen LogP contribution in [0.2, 0.25) is 0 Å². The van der Waals surface area contributed by atoms with Crippen molar-refractivity contribution in [3.05, 3.63) is 64.8 Å². The molecule has 1 aromatic carbocycles. The van der Waals surface area contributed by atoms with Crippen molar-refractivity contribution in [3.63, 3.8) is 0 Å². The second kappa shape index (κ2) is 6.59. The van der Waals surface area contributed by atoms with Gasteiger partial charge >= 0.3 is 0 Å². The van der Waals surface area contributed by atoms with E-state index in [0.29, 0.717) is 13.1 Å². The monoisotopic (exact) mass is 349 g/mol. The number of ether oxygens (including phenoxy) is 1. The van der Waals surface area contributed by atoms with Crippen LogP contribution in [0.25, 0.3) is 11.3 Å². The fourth-order valence-corrected chi connectivity index (χ4v) is 3.18. The number of hydrogen-bond acceptors (Lipinski definition) is 6. The lowest BCUT2D eigenvalue weighted by Crippen LogP contribution is -2.51. The summed E-state index contributed by atoms with van der Waals surface area (Å²) in [7, 11) is 1.63. The molecule has 1 saturated heterocycles. The molecule has 7 nitrogen and oxygen atoms in total. The number of aryl methyl sites for hydroxylation is 1. The molecule has 1 fully saturated rings. The third-order valence-corrected chi connectivity index (χ3v) is 4.57. The van der Waals surface area contributed by atoms with Gasteiger partial charge < -0.3 is 9.64 Å². The summed E-state index contributed by atoms with van der Waals surface area (Å²) in [5.41, 5.74) is 2.36. The Bertz CT molecular complexity index is 995. The first-order chi connectivity index (χ1) is 12.7. The number of aromatic nitrogens is 4. The highest BCUT2D eigenvalue weighted by molar-refractivity contribution is 5.66. The van der Waals surface area contributed by atoms with E-state index in [1.807, 2.05) is 31.2 Å². The molecule has 132 valence electrons. The maximum Gasteiger partial charge on any atom is 0.267 e. The Hall–Kier alpha value is -3.22. The molecule has 0 spiro atoms. The van der Waals surface area contributed by atoms with E-state index in [1.54, 1.807) is 36.3 Å². The molecule has 4 rings (SSSR count). The van der Waals surface area contributed by atoms with Crippen molar-refractivity contribution in [1.82, 2.24) is 19.7 Å². The predicted molar refractivity (Wildman–Crippen MR) is 98.5 cm³/mol. The lowest BCUT2D eigenvalue weighted by Gasteiger charge is -2.40. The Labute approximate surface area is 150 Å². The van der Waals surface area contributed by atoms with E-state index in [-0.39, 0.29) is 11.6 Å². The average molecular weight is 349 g/mol. The molecule has 3 heterocycles. The summed E-state index contributed by atoms with van der Waals surface area (Å²) in [4.78, 5) is 23.1. The number of rotatable bonds is 4. The number of nitrogens with zero attached hydrogens (tertiary/aromatic N) is 5. The van der Waals surface area contributed by atoms with Crippen molar-refractivity contribution in [2.45, 2.75) is 13.0 Å². The highest BCUT2D eigenvalue weighted by atomic mass is 16.5. The maximum absolute atomic E-state index is 12.3. The molecule has 0 amide bonds. The first-order valence-corrected chi connectivity index (χ1v) is 8.43. The van der Waals surface area contributed by atoms with E-state index >= 15 is 0 Å². The van der Waals surface area contributed by atoms with Gasteiger partial charge in [0.15, 0.2) is 0 Å². The van der Waals surface area contributed by atoms with E-state index in [4.69, 9.17) is 4.74 Å². The molecule has 3 aromatic rings. The molecular formula is C19H19N5O2. The van der Waals surface area contributed by atoms with Gasteiger partial charge in [0.25, 0.3) is 5.56 Å². The summed E-state index contributed by atoms with van der Waals surface area (Å²) in [6.45, 7) is 3.30. The molecule has 26 heavy (non-hydrogen) atoms. The molecule has 0 saturated carbocycles. The Balaban J connectivity index is 1.61. The van der Waals surface area contributed by atoms with Crippen LogP contribution in [0.5, 0.6) is 5.75 Å². The SMILES string of the molecule is COc1ccccc1-c1ccc(=O)n(C2CN(c3nccnc3C)C2)n1. The van der Waals surface area contributed by atoms with E-state index < -0.39 is 0 Å².